The number of Topliss-reactive ketones (excluding diaryl/α,β-unsaturated/α-hetero) is 1. The van der Waals surface area contributed by atoms with Gasteiger partial charge < -0.3 is 4.74 Å². The van der Waals surface area contributed by atoms with Crippen molar-refractivity contribution in [3.63, 3.8) is 0 Å². The molecule has 1 saturated carbocycles. The zero-order valence-corrected chi connectivity index (χ0v) is 9.04. The number of ketones is 1. The van der Waals surface area contributed by atoms with E-state index in [1.807, 2.05) is 38.1 Å². The topological polar surface area (TPSA) is 26.3 Å². The van der Waals surface area contributed by atoms with E-state index in [4.69, 9.17) is 4.74 Å². The molecule has 1 aromatic rings. The van der Waals surface area contributed by atoms with Crippen LogP contribution < -0.4 is 4.74 Å². The molecule has 2 nitrogen and oxygen atoms in total. The molecule has 1 aromatic carbocycles. The molecular formula is C13H14O2. The van der Waals surface area contributed by atoms with Gasteiger partial charge in [-0.15, -0.1) is 0 Å². The van der Waals surface area contributed by atoms with Gasteiger partial charge in [0, 0.05) is 5.56 Å². The molecular weight excluding hydrogens is 188 g/mol. The van der Waals surface area contributed by atoms with Crippen LogP contribution in [-0.2, 0) is 10.2 Å². The van der Waals surface area contributed by atoms with Crippen molar-refractivity contribution >= 4 is 5.78 Å². The van der Waals surface area contributed by atoms with Crippen LogP contribution in [0.2, 0.25) is 0 Å². The van der Waals surface area contributed by atoms with E-state index in [1.165, 1.54) is 0 Å². The first-order valence-corrected chi connectivity index (χ1v) is 5.40. The summed E-state index contributed by atoms with van der Waals surface area (Å²) in [5.41, 5.74) is 0.164. The van der Waals surface area contributed by atoms with Crippen molar-refractivity contribution in [2.45, 2.75) is 37.7 Å². The van der Waals surface area contributed by atoms with Gasteiger partial charge in [0.25, 0.3) is 0 Å². The van der Waals surface area contributed by atoms with Gasteiger partial charge in [-0.05, 0) is 32.8 Å². The number of hydrogen-bond acceptors (Lipinski definition) is 2. The summed E-state index contributed by atoms with van der Waals surface area (Å²) in [6.07, 6.45) is 1.73. The number of fused-ring (bicyclic) bond motifs is 4. The average Bonchev–Trinajstić information content (AvgIpc) is 2.40. The zero-order valence-electron chi connectivity index (χ0n) is 9.04. The van der Waals surface area contributed by atoms with Gasteiger partial charge in [0.2, 0.25) is 0 Å². The average molecular weight is 202 g/mol. The summed E-state index contributed by atoms with van der Waals surface area (Å²) in [7, 11) is 0. The van der Waals surface area contributed by atoms with Crippen molar-refractivity contribution < 1.29 is 9.53 Å². The number of rotatable bonds is 0. The molecule has 1 aliphatic heterocycles. The van der Waals surface area contributed by atoms with Crippen LogP contribution in [0.15, 0.2) is 24.3 Å². The van der Waals surface area contributed by atoms with E-state index >= 15 is 0 Å². The second-order valence-electron chi connectivity index (χ2n) is 4.99. The van der Waals surface area contributed by atoms with E-state index in [1.54, 1.807) is 0 Å². The molecule has 2 aliphatic rings. The Morgan fingerprint density at radius 2 is 1.93 bits per heavy atom. The molecule has 1 fully saturated rings. The van der Waals surface area contributed by atoms with Gasteiger partial charge in [-0.1, -0.05) is 18.2 Å². The Hall–Kier alpha value is -1.31. The van der Waals surface area contributed by atoms with E-state index in [0.717, 1.165) is 24.2 Å². The van der Waals surface area contributed by atoms with Gasteiger partial charge in [-0.25, -0.2) is 0 Å². The minimum Gasteiger partial charge on any atom is -0.479 e. The normalized spacial score (nSPS) is 37.3. The molecule has 15 heavy (non-hydrogen) atoms. The third kappa shape index (κ3) is 0.921. The third-order valence-corrected chi connectivity index (χ3v) is 3.90. The Labute approximate surface area is 89.2 Å². The molecule has 2 heteroatoms. The second-order valence-corrected chi connectivity index (χ2v) is 4.99. The van der Waals surface area contributed by atoms with Crippen LogP contribution in [0.5, 0.6) is 5.75 Å². The van der Waals surface area contributed by atoms with Crippen LogP contribution in [0.4, 0.5) is 0 Å². The molecule has 78 valence electrons. The molecule has 0 aromatic heterocycles. The van der Waals surface area contributed by atoms with Crippen molar-refractivity contribution in [2.75, 3.05) is 0 Å². The standard InChI is InChI=1S/C13H14O2/c1-12-7-8-13(2,11(12)14)15-10-6-4-3-5-9(10)12/h3-6H,7-8H2,1-2H3/t12-,13-/m0/s1. The first-order chi connectivity index (χ1) is 7.06. The monoisotopic (exact) mass is 202 g/mol. The van der Waals surface area contributed by atoms with Crippen LogP contribution in [-0.4, -0.2) is 11.4 Å². The fourth-order valence-corrected chi connectivity index (χ4v) is 2.91. The van der Waals surface area contributed by atoms with Gasteiger partial charge in [-0.2, -0.15) is 0 Å². The number of carbonyl (C=O) groups excluding carboxylic acids is 1. The van der Waals surface area contributed by atoms with Gasteiger partial charge in [0.1, 0.15) is 5.75 Å². The fraction of sp³-hybridized carbons (Fsp3) is 0.462. The summed E-state index contributed by atoms with van der Waals surface area (Å²) in [5.74, 6) is 1.13. The molecule has 0 amide bonds. The lowest BCUT2D eigenvalue weighted by Gasteiger charge is -2.35. The molecule has 0 radical (unpaired) electrons. The Kier molecular flexibility index (Phi) is 1.45. The number of para-hydroxylation sites is 1. The number of carbonyl (C=O) groups is 1. The van der Waals surface area contributed by atoms with Crippen LogP contribution in [0.3, 0.4) is 0 Å². The summed E-state index contributed by atoms with van der Waals surface area (Å²) in [6, 6.07) is 7.91. The second kappa shape index (κ2) is 2.43. The van der Waals surface area contributed by atoms with Gasteiger partial charge >= 0.3 is 0 Å². The maximum atomic E-state index is 12.3. The number of ether oxygens (including phenoxy) is 1. The predicted molar refractivity (Wildman–Crippen MR) is 57.1 cm³/mol. The van der Waals surface area contributed by atoms with Crippen molar-refractivity contribution in [1.82, 2.24) is 0 Å². The Balaban J connectivity index is 2.28. The predicted octanol–water partition coefficient (Wildman–Crippen LogP) is 2.46. The third-order valence-electron chi connectivity index (χ3n) is 3.90. The van der Waals surface area contributed by atoms with E-state index in [2.05, 4.69) is 0 Å². The highest BCUT2D eigenvalue weighted by Crippen LogP contribution is 2.51. The molecule has 0 saturated heterocycles. The van der Waals surface area contributed by atoms with Crippen molar-refractivity contribution in [3.05, 3.63) is 29.8 Å². The van der Waals surface area contributed by atoms with Gasteiger partial charge in [0.15, 0.2) is 11.4 Å². The van der Waals surface area contributed by atoms with Crippen LogP contribution in [0.25, 0.3) is 0 Å². The summed E-state index contributed by atoms with van der Waals surface area (Å²) >= 11 is 0. The maximum Gasteiger partial charge on any atom is 0.186 e. The Morgan fingerprint density at radius 3 is 2.73 bits per heavy atom. The van der Waals surface area contributed by atoms with Crippen LogP contribution in [0, 0.1) is 0 Å². The quantitative estimate of drug-likeness (QED) is 0.646. The fourth-order valence-electron chi connectivity index (χ4n) is 2.91. The Bertz CT molecular complexity index is 452. The molecule has 0 spiro atoms. The summed E-state index contributed by atoms with van der Waals surface area (Å²) in [4.78, 5) is 12.3. The molecule has 2 bridgehead atoms. The first-order valence-electron chi connectivity index (χ1n) is 5.40. The maximum absolute atomic E-state index is 12.3. The van der Waals surface area contributed by atoms with Crippen molar-refractivity contribution in [3.8, 4) is 5.75 Å². The SMILES string of the molecule is C[C@]12CC[C@](C)(C1=O)c1ccccc1O2. The molecule has 0 unspecified atom stereocenters. The number of benzene rings is 1. The minimum atomic E-state index is -0.580. The number of hydrogen-bond donors (Lipinski definition) is 0. The first kappa shape index (κ1) is 8.96. The summed E-state index contributed by atoms with van der Waals surface area (Å²) < 4.78 is 5.84. The Morgan fingerprint density at radius 1 is 1.20 bits per heavy atom. The van der Waals surface area contributed by atoms with Crippen molar-refractivity contribution in [2.24, 2.45) is 0 Å². The lowest BCUT2D eigenvalue weighted by molar-refractivity contribution is -0.135. The van der Waals surface area contributed by atoms with Crippen molar-refractivity contribution in [1.29, 1.82) is 0 Å². The van der Waals surface area contributed by atoms with E-state index < -0.39 is 5.60 Å². The summed E-state index contributed by atoms with van der Waals surface area (Å²) in [5, 5.41) is 0. The smallest absolute Gasteiger partial charge is 0.186 e. The minimum absolute atomic E-state index is 0.244. The van der Waals surface area contributed by atoms with E-state index in [0.29, 0.717) is 0 Å². The summed E-state index contributed by atoms with van der Waals surface area (Å²) in [6.45, 7) is 3.96. The highest BCUT2D eigenvalue weighted by molar-refractivity contribution is 6.00. The molecule has 2 atom stereocenters. The largest absolute Gasteiger partial charge is 0.479 e. The highest BCUT2D eigenvalue weighted by Gasteiger charge is 2.58. The highest BCUT2D eigenvalue weighted by atomic mass is 16.5. The van der Waals surface area contributed by atoms with Gasteiger partial charge in [-0.3, -0.25) is 4.79 Å². The lowest BCUT2D eigenvalue weighted by Crippen LogP contribution is -2.47. The lowest BCUT2D eigenvalue weighted by atomic mass is 9.76. The molecule has 1 heterocycles. The van der Waals surface area contributed by atoms with Crippen LogP contribution in [0.1, 0.15) is 32.3 Å². The zero-order chi connectivity index (χ0) is 10.7. The van der Waals surface area contributed by atoms with Crippen LogP contribution >= 0.6 is 0 Å². The molecule has 1 aliphatic carbocycles. The van der Waals surface area contributed by atoms with E-state index in [-0.39, 0.29) is 11.2 Å². The van der Waals surface area contributed by atoms with Gasteiger partial charge in [0.05, 0.1) is 5.41 Å². The van der Waals surface area contributed by atoms with E-state index in [9.17, 15) is 4.79 Å². The molecule has 0 N–H and O–H groups in total. The molecule has 3 rings (SSSR count).